The summed E-state index contributed by atoms with van der Waals surface area (Å²) in [4.78, 5) is 15.9. The summed E-state index contributed by atoms with van der Waals surface area (Å²) in [6.45, 7) is 2.29. The standard InChI is InChI=1S/C22H24N4OS/c27-22(23-13-12-17-6-2-1-3-7-17)18-8-4-14-26(16-18)21-11-10-19(24-25-21)20-9-5-15-28-20/h1-3,5-7,9-11,15,18H,4,8,12-14,16H2,(H,23,27). The second-order valence-corrected chi connectivity index (χ2v) is 8.01. The maximum atomic E-state index is 12.6. The molecule has 0 radical (unpaired) electrons. The zero-order chi connectivity index (χ0) is 19.2. The Kier molecular flexibility index (Phi) is 5.97. The average molecular weight is 393 g/mol. The number of hydrogen-bond acceptors (Lipinski definition) is 5. The van der Waals surface area contributed by atoms with Crippen LogP contribution in [0.25, 0.3) is 10.6 Å². The molecule has 1 unspecified atom stereocenters. The minimum Gasteiger partial charge on any atom is -0.355 e. The lowest BCUT2D eigenvalue weighted by Crippen LogP contribution is -2.43. The van der Waals surface area contributed by atoms with E-state index < -0.39 is 0 Å². The van der Waals surface area contributed by atoms with Gasteiger partial charge in [0.15, 0.2) is 5.82 Å². The van der Waals surface area contributed by atoms with Crippen molar-refractivity contribution in [3.63, 3.8) is 0 Å². The molecule has 0 spiro atoms. The van der Waals surface area contributed by atoms with Gasteiger partial charge < -0.3 is 10.2 Å². The van der Waals surface area contributed by atoms with E-state index in [-0.39, 0.29) is 11.8 Å². The van der Waals surface area contributed by atoms with Crippen molar-refractivity contribution in [2.24, 2.45) is 5.92 Å². The van der Waals surface area contributed by atoms with Crippen molar-refractivity contribution in [1.82, 2.24) is 15.5 Å². The molecule has 1 amide bonds. The number of hydrogen-bond donors (Lipinski definition) is 1. The first-order valence-electron chi connectivity index (χ1n) is 9.74. The Morgan fingerprint density at radius 1 is 1.11 bits per heavy atom. The molecular weight excluding hydrogens is 368 g/mol. The van der Waals surface area contributed by atoms with Crippen molar-refractivity contribution >= 4 is 23.1 Å². The van der Waals surface area contributed by atoms with Gasteiger partial charge in [-0.1, -0.05) is 36.4 Å². The van der Waals surface area contributed by atoms with Crippen molar-refractivity contribution in [2.75, 3.05) is 24.5 Å². The van der Waals surface area contributed by atoms with E-state index in [1.807, 2.05) is 47.8 Å². The van der Waals surface area contributed by atoms with Gasteiger partial charge in [0, 0.05) is 19.6 Å². The minimum atomic E-state index is 0.00305. The van der Waals surface area contributed by atoms with Gasteiger partial charge in [-0.05, 0) is 48.4 Å². The summed E-state index contributed by atoms with van der Waals surface area (Å²) in [5.41, 5.74) is 2.14. The quantitative estimate of drug-likeness (QED) is 0.694. The molecule has 1 aliphatic rings. The number of anilines is 1. The summed E-state index contributed by atoms with van der Waals surface area (Å²) in [5.74, 6) is 0.995. The van der Waals surface area contributed by atoms with E-state index in [1.165, 1.54) is 5.56 Å². The van der Waals surface area contributed by atoms with Gasteiger partial charge in [-0.25, -0.2) is 0 Å². The van der Waals surface area contributed by atoms with E-state index in [0.29, 0.717) is 13.1 Å². The normalized spacial score (nSPS) is 16.7. The molecule has 0 bridgehead atoms. The Morgan fingerprint density at radius 3 is 2.75 bits per heavy atom. The zero-order valence-electron chi connectivity index (χ0n) is 15.8. The largest absolute Gasteiger partial charge is 0.355 e. The molecule has 0 saturated carbocycles. The van der Waals surface area contributed by atoms with E-state index in [2.05, 4.69) is 32.5 Å². The minimum absolute atomic E-state index is 0.00305. The van der Waals surface area contributed by atoms with Crippen molar-refractivity contribution < 1.29 is 4.79 Å². The highest BCUT2D eigenvalue weighted by atomic mass is 32.1. The highest BCUT2D eigenvalue weighted by Gasteiger charge is 2.26. The van der Waals surface area contributed by atoms with E-state index in [0.717, 1.165) is 42.2 Å². The molecule has 1 fully saturated rings. The predicted octanol–water partition coefficient (Wildman–Crippen LogP) is 3.78. The van der Waals surface area contributed by atoms with Crippen LogP contribution in [0.3, 0.4) is 0 Å². The molecule has 1 saturated heterocycles. The molecule has 28 heavy (non-hydrogen) atoms. The summed E-state index contributed by atoms with van der Waals surface area (Å²) >= 11 is 1.66. The van der Waals surface area contributed by atoms with Crippen molar-refractivity contribution in [3.8, 4) is 10.6 Å². The molecule has 1 atom stereocenters. The number of nitrogens with one attached hydrogen (secondary N) is 1. The number of nitrogens with zero attached hydrogens (tertiary/aromatic N) is 3. The maximum Gasteiger partial charge on any atom is 0.224 e. The lowest BCUT2D eigenvalue weighted by Gasteiger charge is -2.32. The third kappa shape index (κ3) is 4.57. The van der Waals surface area contributed by atoms with Crippen LogP contribution in [0.5, 0.6) is 0 Å². The zero-order valence-corrected chi connectivity index (χ0v) is 16.6. The Morgan fingerprint density at radius 2 is 2.00 bits per heavy atom. The van der Waals surface area contributed by atoms with Gasteiger partial charge in [-0.3, -0.25) is 4.79 Å². The van der Waals surface area contributed by atoms with Crippen LogP contribution in [-0.2, 0) is 11.2 Å². The summed E-state index contributed by atoms with van der Waals surface area (Å²) in [5, 5.41) is 13.9. The van der Waals surface area contributed by atoms with Crippen LogP contribution < -0.4 is 10.2 Å². The van der Waals surface area contributed by atoms with Crippen LogP contribution >= 0.6 is 11.3 Å². The molecule has 2 aromatic heterocycles. The fourth-order valence-electron chi connectivity index (χ4n) is 3.57. The van der Waals surface area contributed by atoms with Crippen molar-refractivity contribution in [1.29, 1.82) is 0 Å². The summed E-state index contributed by atoms with van der Waals surface area (Å²) in [7, 11) is 0. The first-order valence-corrected chi connectivity index (χ1v) is 10.6. The molecular formula is C22H24N4OS. The van der Waals surface area contributed by atoms with Crippen LogP contribution in [0.15, 0.2) is 60.0 Å². The number of aromatic nitrogens is 2. The second-order valence-electron chi connectivity index (χ2n) is 7.07. The van der Waals surface area contributed by atoms with Gasteiger partial charge in [0.25, 0.3) is 0 Å². The highest BCUT2D eigenvalue weighted by molar-refractivity contribution is 7.13. The Bertz CT molecular complexity index is 881. The third-order valence-electron chi connectivity index (χ3n) is 5.10. The number of carbonyl (C=O) groups is 1. The van der Waals surface area contributed by atoms with Gasteiger partial charge in [-0.15, -0.1) is 21.5 Å². The maximum absolute atomic E-state index is 12.6. The van der Waals surface area contributed by atoms with Crippen LogP contribution in [0.1, 0.15) is 18.4 Å². The van der Waals surface area contributed by atoms with Crippen LogP contribution in [0, 0.1) is 5.92 Å². The molecule has 1 aromatic carbocycles. The van der Waals surface area contributed by atoms with Gasteiger partial charge in [0.2, 0.25) is 5.91 Å². The SMILES string of the molecule is O=C(NCCc1ccccc1)C1CCCN(c2ccc(-c3cccs3)nn2)C1. The molecule has 1 N–H and O–H groups in total. The van der Waals surface area contributed by atoms with E-state index in [4.69, 9.17) is 0 Å². The molecule has 144 valence electrons. The molecule has 5 nitrogen and oxygen atoms in total. The average Bonchev–Trinajstić information content (AvgIpc) is 3.30. The predicted molar refractivity (Wildman–Crippen MR) is 113 cm³/mol. The van der Waals surface area contributed by atoms with Crippen LogP contribution in [0.2, 0.25) is 0 Å². The monoisotopic (exact) mass is 392 g/mol. The molecule has 3 aromatic rings. The lowest BCUT2D eigenvalue weighted by molar-refractivity contribution is -0.125. The highest BCUT2D eigenvalue weighted by Crippen LogP contribution is 2.25. The Hall–Kier alpha value is -2.73. The van der Waals surface area contributed by atoms with Gasteiger partial charge in [0.05, 0.1) is 10.8 Å². The molecule has 1 aliphatic heterocycles. The third-order valence-corrected chi connectivity index (χ3v) is 5.99. The van der Waals surface area contributed by atoms with E-state index in [9.17, 15) is 4.79 Å². The second kappa shape index (κ2) is 8.97. The Balaban J connectivity index is 1.31. The fourth-order valence-corrected chi connectivity index (χ4v) is 4.26. The van der Waals surface area contributed by atoms with E-state index >= 15 is 0 Å². The topological polar surface area (TPSA) is 58.1 Å². The summed E-state index contributed by atoms with van der Waals surface area (Å²) < 4.78 is 0. The number of thiophene rings is 1. The van der Waals surface area contributed by atoms with E-state index in [1.54, 1.807) is 11.3 Å². The fraction of sp³-hybridized carbons (Fsp3) is 0.318. The summed E-state index contributed by atoms with van der Waals surface area (Å²) in [6.07, 6.45) is 2.78. The first-order chi connectivity index (χ1) is 13.8. The molecule has 3 heterocycles. The molecule has 4 rings (SSSR count). The van der Waals surface area contributed by atoms with Crippen molar-refractivity contribution in [3.05, 3.63) is 65.5 Å². The number of amides is 1. The van der Waals surface area contributed by atoms with Crippen molar-refractivity contribution in [2.45, 2.75) is 19.3 Å². The van der Waals surface area contributed by atoms with Gasteiger partial charge in [-0.2, -0.15) is 0 Å². The van der Waals surface area contributed by atoms with Crippen LogP contribution in [-0.4, -0.2) is 35.7 Å². The lowest BCUT2D eigenvalue weighted by atomic mass is 9.97. The molecule has 6 heteroatoms. The number of benzene rings is 1. The smallest absolute Gasteiger partial charge is 0.224 e. The Labute approximate surface area is 169 Å². The molecule has 0 aliphatic carbocycles. The number of rotatable bonds is 6. The first kappa shape index (κ1) is 18.6. The summed E-state index contributed by atoms with van der Waals surface area (Å²) in [6, 6.07) is 18.3. The van der Waals surface area contributed by atoms with Crippen LogP contribution in [0.4, 0.5) is 5.82 Å². The number of piperidine rings is 1. The number of carbonyl (C=O) groups excluding carboxylic acids is 1. The van der Waals surface area contributed by atoms with Gasteiger partial charge in [0.1, 0.15) is 5.69 Å². The van der Waals surface area contributed by atoms with Gasteiger partial charge >= 0.3 is 0 Å².